The summed E-state index contributed by atoms with van der Waals surface area (Å²) in [5.41, 5.74) is 1.25. The molecule has 0 amide bonds. The smallest absolute Gasteiger partial charge is 0.238 e. The van der Waals surface area contributed by atoms with Gasteiger partial charge in [0.05, 0.1) is 5.56 Å². The standard InChI is InChI=1S/C14H8O4/c15-10-6-5-8-7-3-1-2-4-9(7)12(16)14(18)11(8)13(10)17/h1-6,15,17H. The lowest BCUT2D eigenvalue weighted by atomic mass is 9.83. The molecule has 1 aliphatic carbocycles. The summed E-state index contributed by atoms with van der Waals surface area (Å²) in [6.45, 7) is 0. The number of rotatable bonds is 0. The van der Waals surface area contributed by atoms with Crippen LogP contribution >= 0.6 is 0 Å². The molecule has 0 bridgehead atoms. The molecule has 2 aromatic rings. The van der Waals surface area contributed by atoms with Crippen molar-refractivity contribution >= 4 is 11.6 Å². The molecule has 0 unspecified atom stereocenters. The Morgan fingerprint density at radius 2 is 1.39 bits per heavy atom. The van der Waals surface area contributed by atoms with Crippen molar-refractivity contribution in [2.75, 3.05) is 0 Å². The van der Waals surface area contributed by atoms with E-state index < -0.39 is 23.1 Å². The summed E-state index contributed by atoms with van der Waals surface area (Å²) in [4.78, 5) is 23.8. The van der Waals surface area contributed by atoms with Crippen molar-refractivity contribution in [1.29, 1.82) is 0 Å². The van der Waals surface area contributed by atoms with E-state index in [0.717, 1.165) is 0 Å². The second kappa shape index (κ2) is 3.43. The normalized spacial score (nSPS) is 13.1. The molecule has 4 heteroatoms. The van der Waals surface area contributed by atoms with E-state index in [4.69, 9.17) is 0 Å². The van der Waals surface area contributed by atoms with Gasteiger partial charge in [-0.25, -0.2) is 0 Å². The Morgan fingerprint density at radius 3 is 2.11 bits per heavy atom. The van der Waals surface area contributed by atoms with Crippen LogP contribution in [0.4, 0.5) is 0 Å². The maximum atomic E-state index is 11.9. The highest BCUT2D eigenvalue weighted by molar-refractivity contribution is 6.53. The van der Waals surface area contributed by atoms with Crippen molar-refractivity contribution in [3.8, 4) is 22.6 Å². The van der Waals surface area contributed by atoms with Gasteiger partial charge in [0, 0.05) is 5.56 Å². The summed E-state index contributed by atoms with van der Waals surface area (Å²) in [5, 5.41) is 19.1. The fourth-order valence-electron chi connectivity index (χ4n) is 2.19. The number of phenolic OH excluding ortho intramolecular Hbond substituents is 2. The van der Waals surface area contributed by atoms with Crippen molar-refractivity contribution < 1.29 is 19.8 Å². The molecule has 0 aromatic heterocycles. The summed E-state index contributed by atoms with van der Waals surface area (Å²) in [5.74, 6) is -2.41. The quantitative estimate of drug-likeness (QED) is 0.546. The van der Waals surface area contributed by atoms with E-state index in [1.807, 2.05) is 0 Å². The van der Waals surface area contributed by atoms with Crippen LogP contribution in [0, 0.1) is 0 Å². The average Bonchev–Trinajstić information content (AvgIpc) is 2.39. The molecular weight excluding hydrogens is 232 g/mol. The van der Waals surface area contributed by atoms with Gasteiger partial charge in [-0.2, -0.15) is 0 Å². The molecule has 2 N–H and O–H groups in total. The van der Waals surface area contributed by atoms with E-state index in [2.05, 4.69) is 0 Å². The van der Waals surface area contributed by atoms with E-state index in [0.29, 0.717) is 16.7 Å². The van der Waals surface area contributed by atoms with Crippen LogP contribution in [0.15, 0.2) is 36.4 Å². The Balaban J connectivity index is 2.44. The van der Waals surface area contributed by atoms with Crippen LogP contribution in [0.1, 0.15) is 20.7 Å². The zero-order valence-corrected chi connectivity index (χ0v) is 9.18. The molecule has 18 heavy (non-hydrogen) atoms. The van der Waals surface area contributed by atoms with E-state index in [1.54, 1.807) is 24.3 Å². The number of ketones is 2. The monoisotopic (exact) mass is 240 g/mol. The Hall–Kier alpha value is -2.62. The largest absolute Gasteiger partial charge is 0.504 e. The van der Waals surface area contributed by atoms with Crippen LogP contribution in [0.5, 0.6) is 11.5 Å². The summed E-state index contributed by atoms with van der Waals surface area (Å²) in [7, 11) is 0. The molecular formula is C14H8O4. The number of aromatic hydroxyl groups is 2. The molecule has 0 saturated heterocycles. The van der Waals surface area contributed by atoms with Crippen molar-refractivity contribution in [1.82, 2.24) is 0 Å². The molecule has 0 saturated carbocycles. The SMILES string of the molecule is O=C1C(=O)c2c(ccc(O)c2O)-c2ccccc21. The predicted molar refractivity (Wildman–Crippen MR) is 63.9 cm³/mol. The van der Waals surface area contributed by atoms with E-state index in [1.165, 1.54) is 12.1 Å². The summed E-state index contributed by atoms with van der Waals surface area (Å²) >= 11 is 0. The van der Waals surface area contributed by atoms with Gasteiger partial charge in [0.25, 0.3) is 0 Å². The summed E-state index contributed by atoms with van der Waals surface area (Å²) < 4.78 is 0. The van der Waals surface area contributed by atoms with Crippen LogP contribution < -0.4 is 0 Å². The second-order valence-electron chi connectivity index (χ2n) is 4.06. The highest BCUT2D eigenvalue weighted by Gasteiger charge is 2.33. The average molecular weight is 240 g/mol. The number of Topliss-reactive ketones (excluding diaryl/α,β-unsaturated/α-hetero) is 2. The van der Waals surface area contributed by atoms with Gasteiger partial charge in [-0.05, 0) is 23.3 Å². The molecule has 88 valence electrons. The number of benzene rings is 2. The number of carbonyl (C=O) groups is 2. The lowest BCUT2D eigenvalue weighted by Crippen LogP contribution is -2.21. The third-order valence-corrected chi connectivity index (χ3v) is 3.05. The van der Waals surface area contributed by atoms with Gasteiger partial charge in [-0.1, -0.05) is 24.3 Å². The van der Waals surface area contributed by atoms with Crippen molar-refractivity contribution in [2.45, 2.75) is 0 Å². The number of hydrogen-bond acceptors (Lipinski definition) is 4. The molecule has 2 aromatic carbocycles. The summed E-state index contributed by atoms with van der Waals surface area (Å²) in [6, 6.07) is 9.52. The van der Waals surface area contributed by atoms with Crippen LogP contribution in [-0.2, 0) is 0 Å². The lowest BCUT2D eigenvalue weighted by Gasteiger charge is -2.18. The molecule has 3 rings (SSSR count). The molecule has 0 atom stereocenters. The molecule has 1 aliphatic rings. The van der Waals surface area contributed by atoms with Gasteiger partial charge in [0.1, 0.15) is 0 Å². The minimum Gasteiger partial charge on any atom is -0.504 e. The fraction of sp³-hybridized carbons (Fsp3) is 0. The highest BCUT2D eigenvalue weighted by atomic mass is 16.3. The van der Waals surface area contributed by atoms with Crippen LogP contribution in [0.2, 0.25) is 0 Å². The molecule has 0 spiro atoms. The molecule has 0 aliphatic heterocycles. The summed E-state index contributed by atoms with van der Waals surface area (Å²) in [6.07, 6.45) is 0. The zero-order valence-electron chi connectivity index (χ0n) is 9.18. The minimum absolute atomic E-state index is 0.126. The van der Waals surface area contributed by atoms with Crippen LogP contribution in [-0.4, -0.2) is 21.8 Å². The molecule has 0 fully saturated rings. The third-order valence-electron chi connectivity index (χ3n) is 3.05. The first kappa shape index (κ1) is 10.5. The number of carbonyl (C=O) groups excluding carboxylic acids is 2. The number of fused-ring (bicyclic) bond motifs is 3. The molecule has 4 nitrogen and oxygen atoms in total. The Morgan fingerprint density at radius 1 is 0.722 bits per heavy atom. The first-order valence-electron chi connectivity index (χ1n) is 5.34. The maximum absolute atomic E-state index is 11.9. The molecule has 0 radical (unpaired) electrons. The molecule has 0 heterocycles. The van der Waals surface area contributed by atoms with Crippen molar-refractivity contribution in [3.05, 3.63) is 47.5 Å². The van der Waals surface area contributed by atoms with Gasteiger partial charge in [-0.15, -0.1) is 0 Å². The second-order valence-corrected chi connectivity index (χ2v) is 4.06. The highest BCUT2D eigenvalue weighted by Crippen LogP contribution is 2.41. The topological polar surface area (TPSA) is 74.6 Å². The van der Waals surface area contributed by atoms with E-state index in [9.17, 15) is 19.8 Å². The predicted octanol–water partition coefficient (Wildman–Crippen LogP) is 2.14. The van der Waals surface area contributed by atoms with Gasteiger partial charge < -0.3 is 10.2 Å². The van der Waals surface area contributed by atoms with E-state index >= 15 is 0 Å². The number of phenols is 2. The first-order valence-corrected chi connectivity index (χ1v) is 5.34. The van der Waals surface area contributed by atoms with Gasteiger partial charge in [-0.3, -0.25) is 9.59 Å². The zero-order chi connectivity index (χ0) is 12.9. The van der Waals surface area contributed by atoms with Crippen molar-refractivity contribution in [2.24, 2.45) is 0 Å². The minimum atomic E-state index is -0.794. The Labute approximate surface area is 102 Å². The number of hydrogen-bond donors (Lipinski definition) is 2. The third kappa shape index (κ3) is 1.20. The van der Waals surface area contributed by atoms with Crippen LogP contribution in [0.25, 0.3) is 11.1 Å². The fourth-order valence-corrected chi connectivity index (χ4v) is 2.19. The van der Waals surface area contributed by atoms with Gasteiger partial charge in [0.2, 0.25) is 11.6 Å². The van der Waals surface area contributed by atoms with Gasteiger partial charge >= 0.3 is 0 Å². The van der Waals surface area contributed by atoms with Gasteiger partial charge in [0.15, 0.2) is 11.5 Å². The maximum Gasteiger partial charge on any atom is 0.238 e. The van der Waals surface area contributed by atoms with Crippen LogP contribution in [0.3, 0.4) is 0 Å². The Bertz CT molecular complexity index is 701. The lowest BCUT2D eigenvalue weighted by molar-refractivity contribution is 0.0813. The van der Waals surface area contributed by atoms with Crippen molar-refractivity contribution in [3.63, 3.8) is 0 Å². The Kier molecular flexibility index (Phi) is 2.01. The van der Waals surface area contributed by atoms with E-state index in [-0.39, 0.29) is 5.56 Å². The first-order chi connectivity index (χ1) is 8.61.